The lowest BCUT2D eigenvalue weighted by atomic mass is 9.97. The van der Waals surface area contributed by atoms with Crippen LogP contribution in [0, 0.1) is 5.92 Å². The van der Waals surface area contributed by atoms with Crippen molar-refractivity contribution in [1.82, 2.24) is 15.2 Å². The lowest BCUT2D eigenvalue weighted by Crippen LogP contribution is -2.56. The van der Waals surface area contributed by atoms with Crippen LogP contribution in [-0.4, -0.2) is 70.9 Å². The van der Waals surface area contributed by atoms with Crippen LogP contribution in [0.3, 0.4) is 0 Å². The Morgan fingerprint density at radius 2 is 1.83 bits per heavy atom. The molecule has 1 N–H and O–H groups in total. The molecule has 2 amide bonds. The third-order valence-corrected chi connectivity index (χ3v) is 5.52. The first kappa shape index (κ1) is 26.3. The third kappa shape index (κ3) is 7.08. The number of hydrogen-bond acceptors (Lipinski definition) is 7. The number of para-hydroxylation sites is 1. The molecule has 188 valence electrons. The fourth-order valence-electron chi connectivity index (χ4n) is 3.92. The van der Waals surface area contributed by atoms with Gasteiger partial charge in [0.25, 0.3) is 5.91 Å². The molecule has 9 nitrogen and oxygen atoms in total. The molecule has 1 aliphatic heterocycles. The van der Waals surface area contributed by atoms with E-state index in [1.807, 2.05) is 32.0 Å². The van der Waals surface area contributed by atoms with Gasteiger partial charge in [-0.3, -0.25) is 14.4 Å². The lowest BCUT2D eigenvalue weighted by molar-refractivity contribution is -0.165. The normalized spacial score (nSPS) is 15.8. The zero-order chi connectivity index (χ0) is 25.8. The number of carbonyl (C=O) groups is 4. The van der Waals surface area contributed by atoms with Gasteiger partial charge in [0.15, 0.2) is 5.78 Å². The van der Waals surface area contributed by atoms with Crippen molar-refractivity contribution in [2.75, 3.05) is 19.7 Å². The smallest absolute Gasteiger partial charge is 0.332 e. The van der Waals surface area contributed by atoms with E-state index in [1.54, 1.807) is 39.0 Å². The largest absolute Gasteiger partial charge is 0.458 e. The van der Waals surface area contributed by atoms with Crippen LogP contribution in [-0.2, 0) is 23.9 Å². The van der Waals surface area contributed by atoms with Crippen molar-refractivity contribution in [3.8, 4) is 0 Å². The van der Waals surface area contributed by atoms with E-state index in [-0.39, 0.29) is 43.5 Å². The molecule has 1 unspecified atom stereocenters. The highest BCUT2D eigenvalue weighted by atomic mass is 16.6. The van der Waals surface area contributed by atoms with Gasteiger partial charge in [-0.05, 0) is 38.8 Å². The van der Waals surface area contributed by atoms with Crippen LogP contribution in [0.25, 0.3) is 10.9 Å². The van der Waals surface area contributed by atoms with E-state index in [4.69, 9.17) is 9.47 Å². The highest BCUT2D eigenvalue weighted by Crippen LogP contribution is 2.18. The van der Waals surface area contributed by atoms with Crippen molar-refractivity contribution in [2.24, 2.45) is 5.92 Å². The summed E-state index contributed by atoms with van der Waals surface area (Å²) in [5.74, 6) is -1.85. The molecule has 1 aromatic heterocycles. The summed E-state index contributed by atoms with van der Waals surface area (Å²) in [7, 11) is 0. The van der Waals surface area contributed by atoms with E-state index in [1.165, 1.54) is 4.90 Å². The van der Waals surface area contributed by atoms with E-state index < -0.39 is 35.5 Å². The molecule has 1 saturated heterocycles. The number of Topliss-reactive ketones (excluding diaryl/α,β-unsaturated/α-hetero) is 1. The molecule has 9 heteroatoms. The Morgan fingerprint density at radius 1 is 1.11 bits per heavy atom. The first-order chi connectivity index (χ1) is 16.4. The number of fused-ring (bicyclic) bond motifs is 1. The number of likely N-dealkylation sites (tertiary alicyclic amines) is 1. The second-order valence-electron chi connectivity index (χ2n) is 9.99. The van der Waals surface area contributed by atoms with Crippen LogP contribution in [0.15, 0.2) is 36.4 Å². The molecule has 35 heavy (non-hydrogen) atoms. The number of hydrogen-bond donors (Lipinski definition) is 1. The zero-order valence-corrected chi connectivity index (χ0v) is 20.9. The minimum absolute atomic E-state index is 0.0176. The Hall–Kier alpha value is -3.33. The molecule has 2 atom stereocenters. The Balaban J connectivity index is 1.84. The Bertz CT molecular complexity index is 1110. The SMILES string of the molecule is CC(C)C(OCC(=O)OC(C)(C)C)[C@H](NC(=O)c1ccc2ccccc2n1)C(=O)N1CCC(=O)C1. The van der Waals surface area contributed by atoms with Gasteiger partial charge in [-0.2, -0.15) is 0 Å². The molecular formula is C26H33N3O6. The summed E-state index contributed by atoms with van der Waals surface area (Å²) in [6.07, 6.45) is -0.570. The predicted molar refractivity (Wildman–Crippen MR) is 130 cm³/mol. The van der Waals surface area contributed by atoms with Gasteiger partial charge in [-0.25, -0.2) is 9.78 Å². The summed E-state index contributed by atoms with van der Waals surface area (Å²) < 4.78 is 11.2. The van der Waals surface area contributed by atoms with Crippen LogP contribution in [0.1, 0.15) is 51.5 Å². The maximum absolute atomic E-state index is 13.4. The van der Waals surface area contributed by atoms with Gasteiger partial charge in [-0.15, -0.1) is 0 Å². The topological polar surface area (TPSA) is 115 Å². The number of ketones is 1. The Labute approximate surface area is 205 Å². The number of rotatable bonds is 8. The third-order valence-electron chi connectivity index (χ3n) is 5.52. The Kier molecular flexibility index (Phi) is 8.22. The molecule has 2 aromatic rings. The van der Waals surface area contributed by atoms with Crippen LogP contribution in [0.5, 0.6) is 0 Å². The number of amides is 2. The molecule has 1 fully saturated rings. The minimum atomic E-state index is -1.12. The second kappa shape index (κ2) is 10.9. The van der Waals surface area contributed by atoms with E-state index in [2.05, 4.69) is 10.3 Å². The van der Waals surface area contributed by atoms with Crippen LogP contribution >= 0.6 is 0 Å². The number of ether oxygens (including phenoxy) is 2. The van der Waals surface area contributed by atoms with Gasteiger partial charge in [0, 0.05) is 18.4 Å². The number of benzene rings is 1. The maximum Gasteiger partial charge on any atom is 0.332 e. The van der Waals surface area contributed by atoms with Crippen molar-refractivity contribution < 1.29 is 28.7 Å². The van der Waals surface area contributed by atoms with Crippen molar-refractivity contribution in [1.29, 1.82) is 0 Å². The van der Waals surface area contributed by atoms with E-state index in [0.717, 1.165) is 5.39 Å². The van der Waals surface area contributed by atoms with Gasteiger partial charge in [0.05, 0.1) is 18.2 Å². The van der Waals surface area contributed by atoms with Crippen molar-refractivity contribution >= 4 is 34.5 Å². The fourth-order valence-corrected chi connectivity index (χ4v) is 3.92. The number of pyridine rings is 1. The lowest BCUT2D eigenvalue weighted by Gasteiger charge is -2.32. The quantitative estimate of drug-likeness (QED) is 0.574. The average Bonchev–Trinajstić information content (AvgIpc) is 3.22. The van der Waals surface area contributed by atoms with Gasteiger partial charge < -0.3 is 19.7 Å². The van der Waals surface area contributed by atoms with Gasteiger partial charge >= 0.3 is 5.97 Å². The number of nitrogens with one attached hydrogen (secondary N) is 1. The van der Waals surface area contributed by atoms with E-state index >= 15 is 0 Å². The molecular weight excluding hydrogens is 450 g/mol. The number of aromatic nitrogens is 1. The highest BCUT2D eigenvalue weighted by Gasteiger charge is 2.38. The summed E-state index contributed by atoms with van der Waals surface area (Å²) >= 11 is 0. The number of esters is 1. The monoisotopic (exact) mass is 483 g/mol. The molecule has 2 heterocycles. The summed E-state index contributed by atoms with van der Waals surface area (Å²) in [5.41, 5.74) is 0.109. The second-order valence-corrected chi connectivity index (χ2v) is 9.99. The standard InChI is InChI=1S/C26H33N3O6/c1-16(2)23(34-15-21(31)35-26(3,4)5)22(25(33)29-13-12-18(30)14-29)28-24(32)20-11-10-17-8-6-7-9-19(17)27-20/h6-11,16,22-23H,12-15H2,1-5H3,(H,28,32)/t22-,23?/m0/s1. The minimum Gasteiger partial charge on any atom is -0.458 e. The molecule has 1 aromatic carbocycles. The van der Waals surface area contributed by atoms with Crippen molar-refractivity contribution in [2.45, 2.75) is 58.8 Å². The Morgan fingerprint density at radius 3 is 2.46 bits per heavy atom. The molecule has 0 saturated carbocycles. The molecule has 1 aliphatic rings. The van der Waals surface area contributed by atoms with Gasteiger partial charge in [0.1, 0.15) is 23.9 Å². The van der Waals surface area contributed by atoms with Crippen molar-refractivity contribution in [3.05, 3.63) is 42.1 Å². The van der Waals surface area contributed by atoms with Gasteiger partial charge in [0.2, 0.25) is 5.91 Å². The first-order valence-electron chi connectivity index (χ1n) is 11.7. The summed E-state index contributed by atoms with van der Waals surface area (Å²) in [6, 6.07) is 9.64. The first-order valence-corrected chi connectivity index (χ1v) is 11.7. The average molecular weight is 484 g/mol. The summed E-state index contributed by atoms with van der Waals surface area (Å²) in [4.78, 5) is 56.5. The number of carbonyl (C=O) groups excluding carboxylic acids is 4. The predicted octanol–water partition coefficient (Wildman–Crippen LogP) is 2.52. The maximum atomic E-state index is 13.4. The summed E-state index contributed by atoms with van der Waals surface area (Å²) in [5, 5.41) is 3.64. The molecule has 3 rings (SSSR count). The number of nitrogens with zero attached hydrogens (tertiary/aromatic N) is 2. The van der Waals surface area contributed by atoms with Crippen LogP contribution in [0.2, 0.25) is 0 Å². The fraction of sp³-hybridized carbons (Fsp3) is 0.500. The van der Waals surface area contributed by atoms with E-state index in [9.17, 15) is 19.2 Å². The van der Waals surface area contributed by atoms with Crippen LogP contribution in [0.4, 0.5) is 0 Å². The zero-order valence-electron chi connectivity index (χ0n) is 20.9. The highest BCUT2D eigenvalue weighted by molar-refractivity contribution is 5.99. The molecule has 0 radical (unpaired) electrons. The molecule has 0 spiro atoms. The molecule has 0 bridgehead atoms. The molecule has 0 aliphatic carbocycles. The summed E-state index contributed by atoms with van der Waals surface area (Å²) in [6.45, 7) is 8.78. The van der Waals surface area contributed by atoms with E-state index in [0.29, 0.717) is 5.52 Å². The van der Waals surface area contributed by atoms with Crippen molar-refractivity contribution in [3.63, 3.8) is 0 Å². The van der Waals surface area contributed by atoms with Crippen LogP contribution < -0.4 is 5.32 Å². The van der Waals surface area contributed by atoms with Gasteiger partial charge in [-0.1, -0.05) is 38.1 Å².